The first-order valence-electron chi connectivity index (χ1n) is 7.67. The number of benzene rings is 1. The zero-order valence-corrected chi connectivity index (χ0v) is 14.3. The molecule has 2 N–H and O–H groups in total. The molecule has 0 atom stereocenters. The van der Waals surface area contributed by atoms with E-state index in [-0.39, 0.29) is 11.8 Å². The maximum Gasteiger partial charge on any atom is 0.269 e. The largest absolute Gasteiger partial charge is 0.485 e. The van der Waals surface area contributed by atoms with Gasteiger partial charge in [-0.05, 0) is 37.6 Å². The highest BCUT2D eigenvalue weighted by molar-refractivity contribution is 7.13. The number of anilines is 1. The fourth-order valence-electron chi connectivity index (χ4n) is 2.41. The maximum atomic E-state index is 12.5. The predicted octanol–water partition coefficient (Wildman–Crippen LogP) is 2.83. The lowest BCUT2D eigenvalue weighted by Crippen LogP contribution is -2.23. The zero-order chi connectivity index (χ0) is 17.1. The standard InChI is InChI=1S/C17H18N2O4S/c1-3-18-16(20)11-4-5-12(10(2)8-11)19-17(21)15-14-13(9-24-15)22-6-7-23-14/h4-5,8-9H,3,6-7H2,1-2H3,(H,18,20)(H,19,21). The molecule has 2 aromatic rings. The van der Waals surface area contributed by atoms with Gasteiger partial charge in [0.05, 0.1) is 0 Å². The van der Waals surface area contributed by atoms with Gasteiger partial charge < -0.3 is 20.1 Å². The van der Waals surface area contributed by atoms with Gasteiger partial charge in [-0.25, -0.2) is 0 Å². The van der Waals surface area contributed by atoms with E-state index in [2.05, 4.69) is 10.6 Å². The van der Waals surface area contributed by atoms with E-state index in [0.717, 1.165) is 5.56 Å². The first kappa shape index (κ1) is 16.3. The monoisotopic (exact) mass is 346 g/mol. The third-order valence-electron chi connectivity index (χ3n) is 3.58. The van der Waals surface area contributed by atoms with Gasteiger partial charge in [0.2, 0.25) is 0 Å². The number of hydrogen-bond acceptors (Lipinski definition) is 5. The fourth-order valence-corrected chi connectivity index (χ4v) is 3.23. The molecule has 3 rings (SSSR count). The van der Waals surface area contributed by atoms with Gasteiger partial charge in [0.1, 0.15) is 18.1 Å². The number of hydrogen-bond donors (Lipinski definition) is 2. The van der Waals surface area contributed by atoms with E-state index in [1.54, 1.807) is 23.6 Å². The first-order chi connectivity index (χ1) is 11.6. The number of thiophene rings is 1. The van der Waals surface area contributed by atoms with Crippen molar-refractivity contribution in [2.75, 3.05) is 25.1 Å². The zero-order valence-electron chi connectivity index (χ0n) is 13.5. The number of aryl methyl sites for hydroxylation is 1. The van der Waals surface area contributed by atoms with Crippen LogP contribution in [0.2, 0.25) is 0 Å². The second kappa shape index (κ2) is 6.92. The Balaban J connectivity index is 1.77. The van der Waals surface area contributed by atoms with Gasteiger partial charge in [-0.1, -0.05) is 0 Å². The lowest BCUT2D eigenvalue weighted by molar-refractivity contribution is 0.0955. The number of nitrogens with one attached hydrogen (secondary N) is 2. The van der Waals surface area contributed by atoms with Crippen LogP contribution in [0.25, 0.3) is 0 Å². The van der Waals surface area contributed by atoms with Crippen molar-refractivity contribution >= 4 is 28.8 Å². The molecule has 6 nitrogen and oxygen atoms in total. The molecule has 126 valence electrons. The Morgan fingerprint density at radius 2 is 2.00 bits per heavy atom. The van der Waals surface area contributed by atoms with Crippen LogP contribution in [0.15, 0.2) is 23.6 Å². The van der Waals surface area contributed by atoms with Crippen molar-refractivity contribution in [3.05, 3.63) is 39.6 Å². The number of carbonyl (C=O) groups is 2. The topological polar surface area (TPSA) is 76.7 Å². The van der Waals surface area contributed by atoms with Crippen LogP contribution in [0, 0.1) is 6.92 Å². The lowest BCUT2D eigenvalue weighted by atomic mass is 10.1. The average Bonchev–Trinajstić information content (AvgIpc) is 3.01. The van der Waals surface area contributed by atoms with E-state index in [1.807, 2.05) is 13.8 Å². The molecular formula is C17H18N2O4S. The van der Waals surface area contributed by atoms with Crippen LogP contribution < -0.4 is 20.1 Å². The molecule has 0 unspecified atom stereocenters. The predicted molar refractivity (Wildman–Crippen MR) is 92.4 cm³/mol. The Bertz CT molecular complexity index is 785. The van der Waals surface area contributed by atoms with Gasteiger partial charge in [-0.2, -0.15) is 0 Å². The molecule has 24 heavy (non-hydrogen) atoms. The van der Waals surface area contributed by atoms with E-state index < -0.39 is 0 Å². The van der Waals surface area contributed by atoms with Gasteiger partial charge in [0.15, 0.2) is 11.5 Å². The third kappa shape index (κ3) is 3.21. The fraction of sp³-hybridized carbons (Fsp3) is 0.294. The van der Waals surface area contributed by atoms with Crippen molar-refractivity contribution in [3.8, 4) is 11.5 Å². The third-order valence-corrected chi connectivity index (χ3v) is 4.52. The summed E-state index contributed by atoms with van der Waals surface area (Å²) in [4.78, 5) is 24.8. The summed E-state index contributed by atoms with van der Waals surface area (Å²) in [6.07, 6.45) is 0. The summed E-state index contributed by atoms with van der Waals surface area (Å²) >= 11 is 1.29. The van der Waals surface area contributed by atoms with Crippen LogP contribution in [-0.2, 0) is 0 Å². The minimum absolute atomic E-state index is 0.128. The van der Waals surface area contributed by atoms with Crippen LogP contribution in [0.1, 0.15) is 32.5 Å². The van der Waals surface area contributed by atoms with Crippen molar-refractivity contribution in [1.29, 1.82) is 0 Å². The normalized spacial score (nSPS) is 12.6. The molecular weight excluding hydrogens is 328 g/mol. The van der Waals surface area contributed by atoms with Gasteiger partial charge in [0.25, 0.3) is 11.8 Å². The summed E-state index contributed by atoms with van der Waals surface area (Å²) in [5.41, 5.74) is 2.04. The van der Waals surface area contributed by atoms with E-state index in [4.69, 9.17) is 9.47 Å². The minimum atomic E-state index is -0.249. The second-order valence-electron chi connectivity index (χ2n) is 5.30. The van der Waals surface area contributed by atoms with Crippen molar-refractivity contribution in [2.45, 2.75) is 13.8 Å². The molecule has 0 aliphatic carbocycles. The SMILES string of the molecule is CCNC(=O)c1ccc(NC(=O)c2scc3c2OCCO3)c(C)c1. The first-order valence-corrected chi connectivity index (χ1v) is 8.55. The number of rotatable bonds is 4. The summed E-state index contributed by atoms with van der Waals surface area (Å²) in [5.74, 6) is 0.733. The Hall–Kier alpha value is -2.54. The molecule has 1 aromatic carbocycles. The average molecular weight is 346 g/mol. The number of fused-ring (bicyclic) bond motifs is 1. The van der Waals surface area contributed by atoms with Crippen LogP contribution in [0.5, 0.6) is 11.5 Å². The maximum absolute atomic E-state index is 12.5. The molecule has 0 fully saturated rings. The van der Waals surface area contributed by atoms with E-state index in [1.165, 1.54) is 11.3 Å². The molecule has 2 amide bonds. The lowest BCUT2D eigenvalue weighted by Gasteiger charge is -2.16. The molecule has 0 bridgehead atoms. The molecule has 0 saturated carbocycles. The second-order valence-corrected chi connectivity index (χ2v) is 6.18. The molecule has 0 spiro atoms. The highest BCUT2D eigenvalue weighted by Crippen LogP contribution is 2.39. The van der Waals surface area contributed by atoms with E-state index >= 15 is 0 Å². The van der Waals surface area contributed by atoms with Crippen LogP contribution >= 0.6 is 11.3 Å². The van der Waals surface area contributed by atoms with Gasteiger partial charge >= 0.3 is 0 Å². The van der Waals surface area contributed by atoms with Gasteiger partial charge in [-0.15, -0.1) is 11.3 Å². The summed E-state index contributed by atoms with van der Waals surface area (Å²) in [5, 5.41) is 7.39. The molecule has 2 heterocycles. The Morgan fingerprint density at radius 3 is 2.75 bits per heavy atom. The van der Waals surface area contributed by atoms with Crippen molar-refractivity contribution < 1.29 is 19.1 Å². The number of amides is 2. The molecule has 0 saturated heterocycles. The highest BCUT2D eigenvalue weighted by atomic mass is 32.1. The van der Waals surface area contributed by atoms with Crippen molar-refractivity contribution in [1.82, 2.24) is 5.32 Å². The van der Waals surface area contributed by atoms with Crippen LogP contribution in [0.4, 0.5) is 5.69 Å². The van der Waals surface area contributed by atoms with Crippen molar-refractivity contribution in [3.63, 3.8) is 0 Å². The molecule has 0 radical (unpaired) electrons. The Labute approximate surface area is 143 Å². The van der Waals surface area contributed by atoms with Crippen LogP contribution in [-0.4, -0.2) is 31.6 Å². The van der Waals surface area contributed by atoms with Crippen LogP contribution in [0.3, 0.4) is 0 Å². The summed E-state index contributed by atoms with van der Waals surface area (Å²) in [7, 11) is 0. The highest BCUT2D eigenvalue weighted by Gasteiger charge is 2.23. The summed E-state index contributed by atoms with van der Waals surface area (Å²) < 4.78 is 11.0. The van der Waals surface area contributed by atoms with E-state index in [9.17, 15) is 9.59 Å². The molecule has 1 aliphatic heterocycles. The summed E-state index contributed by atoms with van der Waals surface area (Å²) in [6.45, 7) is 5.21. The Kier molecular flexibility index (Phi) is 4.71. The number of carbonyl (C=O) groups excluding carboxylic acids is 2. The van der Waals surface area contributed by atoms with Gasteiger partial charge in [-0.3, -0.25) is 9.59 Å². The molecule has 1 aliphatic rings. The van der Waals surface area contributed by atoms with E-state index in [0.29, 0.717) is 47.4 Å². The Morgan fingerprint density at radius 1 is 1.21 bits per heavy atom. The quantitative estimate of drug-likeness (QED) is 0.892. The molecule has 1 aromatic heterocycles. The molecule has 7 heteroatoms. The summed E-state index contributed by atoms with van der Waals surface area (Å²) in [6, 6.07) is 5.18. The van der Waals surface area contributed by atoms with Crippen molar-refractivity contribution in [2.24, 2.45) is 0 Å². The smallest absolute Gasteiger partial charge is 0.269 e. The number of ether oxygens (including phenoxy) is 2. The van der Waals surface area contributed by atoms with Gasteiger partial charge in [0, 0.05) is 23.2 Å². The minimum Gasteiger partial charge on any atom is -0.485 e.